The van der Waals surface area contributed by atoms with Crippen LogP contribution in [-0.2, 0) is 27.8 Å². The summed E-state index contributed by atoms with van der Waals surface area (Å²) in [7, 11) is -3.50. The van der Waals surface area contributed by atoms with Gasteiger partial charge in [-0.15, -0.1) is 0 Å². The average molecular weight is 388 g/mol. The van der Waals surface area contributed by atoms with Gasteiger partial charge in [-0.2, -0.15) is 4.31 Å². The van der Waals surface area contributed by atoms with Gasteiger partial charge in [0.1, 0.15) is 0 Å². The van der Waals surface area contributed by atoms with Crippen LogP contribution in [0.5, 0.6) is 0 Å². The van der Waals surface area contributed by atoms with Crippen molar-refractivity contribution in [2.24, 2.45) is 5.92 Å². The number of benzene rings is 1. The Morgan fingerprint density at radius 1 is 1.07 bits per heavy atom. The molecule has 0 bridgehead atoms. The third-order valence-corrected chi connectivity index (χ3v) is 6.92. The summed E-state index contributed by atoms with van der Waals surface area (Å²) >= 11 is 0. The lowest BCUT2D eigenvalue weighted by molar-refractivity contribution is -0.126. The van der Waals surface area contributed by atoms with Gasteiger partial charge in [-0.1, -0.05) is 19.1 Å². The van der Waals surface area contributed by atoms with Crippen LogP contribution in [-0.4, -0.2) is 36.7 Å². The van der Waals surface area contributed by atoms with Crippen molar-refractivity contribution in [3.63, 3.8) is 0 Å². The van der Waals surface area contributed by atoms with Gasteiger partial charge in [0.15, 0.2) is 0 Å². The maximum atomic E-state index is 12.8. The first-order valence-electron chi connectivity index (χ1n) is 9.26. The third kappa shape index (κ3) is 4.73. The molecule has 1 amide bonds. The van der Waals surface area contributed by atoms with E-state index in [1.165, 1.54) is 4.31 Å². The minimum absolute atomic E-state index is 0.0174. The van der Waals surface area contributed by atoms with Gasteiger partial charge in [-0.05, 0) is 54.7 Å². The summed E-state index contributed by atoms with van der Waals surface area (Å²) in [5, 5.41) is 2.93. The molecular formula is C20H25N3O3S. The molecule has 0 atom stereocenters. The zero-order chi connectivity index (χ0) is 19.3. The molecule has 3 rings (SSSR count). The Kier molecular flexibility index (Phi) is 6.23. The van der Waals surface area contributed by atoms with Crippen LogP contribution in [0.15, 0.2) is 53.7 Å². The van der Waals surface area contributed by atoms with Crippen LogP contribution in [0.2, 0.25) is 0 Å². The van der Waals surface area contributed by atoms with Crippen molar-refractivity contribution in [2.45, 2.75) is 37.6 Å². The third-order valence-electron chi connectivity index (χ3n) is 5.01. The first-order chi connectivity index (χ1) is 13.0. The predicted octanol–water partition coefficient (Wildman–Crippen LogP) is 2.36. The first kappa shape index (κ1) is 19.5. The second kappa shape index (κ2) is 8.63. The largest absolute Gasteiger partial charge is 0.352 e. The number of aromatic nitrogens is 1. The Morgan fingerprint density at radius 3 is 2.30 bits per heavy atom. The molecule has 0 spiro atoms. The van der Waals surface area contributed by atoms with Crippen molar-refractivity contribution in [3.05, 3.63) is 59.9 Å². The van der Waals surface area contributed by atoms with Crippen LogP contribution in [0, 0.1) is 5.92 Å². The molecule has 0 unspecified atom stereocenters. The number of nitrogens with one attached hydrogen (secondary N) is 1. The van der Waals surface area contributed by atoms with E-state index in [0.29, 0.717) is 37.4 Å². The second-order valence-electron chi connectivity index (χ2n) is 6.75. The van der Waals surface area contributed by atoms with Crippen LogP contribution in [0.3, 0.4) is 0 Å². The highest BCUT2D eigenvalue weighted by molar-refractivity contribution is 7.89. The lowest BCUT2D eigenvalue weighted by atomic mass is 9.97. The fourth-order valence-electron chi connectivity index (χ4n) is 3.24. The molecule has 2 heterocycles. The number of carbonyl (C=O) groups excluding carboxylic acids is 1. The maximum absolute atomic E-state index is 12.8. The second-order valence-corrected chi connectivity index (χ2v) is 8.69. The summed E-state index contributed by atoms with van der Waals surface area (Å²) in [5.41, 5.74) is 2.10. The highest BCUT2D eigenvalue weighted by Crippen LogP contribution is 2.24. The van der Waals surface area contributed by atoms with Gasteiger partial charge in [-0.3, -0.25) is 9.78 Å². The summed E-state index contributed by atoms with van der Waals surface area (Å²) < 4.78 is 27.1. The van der Waals surface area contributed by atoms with Gasteiger partial charge in [0, 0.05) is 37.9 Å². The van der Waals surface area contributed by atoms with Gasteiger partial charge in [-0.25, -0.2) is 8.42 Å². The number of piperidine rings is 1. The van der Waals surface area contributed by atoms with Gasteiger partial charge in [0.05, 0.1) is 4.90 Å². The number of amides is 1. The minimum Gasteiger partial charge on any atom is -0.352 e. The van der Waals surface area contributed by atoms with E-state index in [1.54, 1.807) is 24.5 Å². The summed E-state index contributed by atoms with van der Waals surface area (Å²) in [6, 6.07) is 10.8. The Labute approximate surface area is 160 Å². The molecule has 0 saturated carbocycles. The van der Waals surface area contributed by atoms with E-state index >= 15 is 0 Å². The summed E-state index contributed by atoms with van der Waals surface area (Å²) in [4.78, 5) is 16.6. The quantitative estimate of drug-likeness (QED) is 0.825. The Morgan fingerprint density at radius 2 is 1.70 bits per heavy atom. The molecule has 6 nitrogen and oxygen atoms in total. The van der Waals surface area contributed by atoms with E-state index in [0.717, 1.165) is 17.5 Å². The highest BCUT2D eigenvalue weighted by Gasteiger charge is 2.31. The molecule has 0 aliphatic carbocycles. The lowest BCUT2D eigenvalue weighted by Gasteiger charge is -2.30. The topological polar surface area (TPSA) is 79.4 Å². The zero-order valence-electron chi connectivity index (χ0n) is 15.5. The molecule has 1 aliphatic heterocycles. The van der Waals surface area contributed by atoms with Crippen LogP contribution in [0.1, 0.15) is 30.9 Å². The Hall–Kier alpha value is -2.25. The van der Waals surface area contributed by atoms with Gasteiger partial charge in [0.25, 0.3) is 0 Å². The summed E-state index contributed by atoms with van der Waals surface area (Å²) in [5.74, 6) is -0.170. The van der Waals surface area contributed by atoms with E-state index in [2.05, 4.69) is 10.3 Å². The average Bonchev–Trinajstić information content (AvgIpc) is 2.73. The van der Waals surface area contributed by atoms with Crippen LogP contribution >= 0.6 is 0 Å². The van der Waals surface area contributed by atoms with Crippen molar-refractivity contribution >= 4 is 15.9 Å². The molecule has 27 heavy (non-hydrogen) atoms. The van der Waals surface area contributed by atoms with E-state index in [9.17, 15) is 13.2 Å². The number of rotatable bonds is 6. The van der Waals surface area contributed by atoms with Crippen LogP contribution in [0.25, 0.3) is 0 Å². The normalized spacial score (nSPS) is 16.2. The summed E-state index contributed by atoms with van der Waals surface area (Å²) in [6.07, 6.45) is 5.33. The molecule has 1 aromatic carbocycles. The molecule has 1 saturated heterocycles. The molecule has 2 aromatic rings. The SMILES string of the molecule is CCc1ccc(S(=O)(=O)N2CCC(C(=O)NCc3ccncc3)CC2)cc1. The maximum Gasteiger partial charge on any atom is 0.243 e. The van der Waals surface area contributed by atoms with Crippen LogP contribution in [0.4, 0.5) is 0 Å². The van der Waals surface area contributed by atoms with Crippen molar-refractivity contribution in [1.82, 2.24) is 14.6 Å². The minimum atomic E-state index is -3.50. The summed E-state index contributed by atoms with van der Waals surface area (Å²) in [6.45, 7) is 3.23. The highest BCUT2D eigenvalue weighted by atomic mass is 32.2. The Balaban J connectivity index is 1.55. The fourth-order valence-corrected chi connectivity index (χ4v) is 4.71. The molecule has 1 N–H and O–H groups in total. The van der Waals surface area contributed by atoms with Crippen LogP contribution < -0.4 is 5.32 Å². The monoisotopic (exact) mass is 387 g/mol. The molecule has 144 valence electrons. The zero-order valence-corrected chi connectivity index (χ0v) is 16.3. The van der Waals surface area contributed by atoms with Crippen molar-refractivity contribution in [1.29, 1.82) is 0 Å². The van der Waals surface area contributed by atoms with E-state index in [-0.39, 0.29) is 11.8 Å². The van der Waals surface area contributed by atoms with E-state index in [4.69, 9.17) is 0 Å². The van der Waals surface area contributed by atoms with Crippen molar-refractivity contribution < 1.29 is 13.2 Å². The number of nitrogens with zero attached hydrogens (tertiary/aromatic N) is 2. The van der Waals surface area contributed by atoms with E-state index in [1.807, 2.05) is 31.2 Å². The predicted molar refractivity (Wildman–Crippen MR) is 103 cm³/mol. The number of sulfonamides is 1. The molecule has 0 radical (unpaired) electrons. The molecular weight excluding hydrogens is 362 g/mol. The number of carbonyl (C=O) groups is 1. The van der Waals surface area contributed by atoms with E-state index < -0.39 is 10.0 Å². The van der Waals surface area contributed by atoms with Crippen molar-refractivity contribution in [3.8, 4) is 0 Å². The number of hydrogen-bond donors (Lipinski definition) is 1. The van der Waals surface area contributed by atoms with Gasteiger partial charge in [0.2, 0.25) is 15.9 Å². The molecule has 7 heteroatoms. The molecule has 1 fully saturated rings. The van der Waals surface area contributed by atoms with Gasteiger partial charge >= 0.3 is 0 Å². The number of hydrogen-bond acceptors (Lipinski definition) is 4. The standard InChI is InChI=1S/C20H25N3O3S/c1-2-16-3-5-19(6-4-16)27(25,26)23-13-9-18(10-14-23)20(24)22-15-17-7-11-21-12-8-17/h3-8,11-12,18H,2,9-10,13-15H2,1H3,(H,22,24). The molecule has 1 aliphatic rings. The fraction of sp³-hybridized carbons (Fsp3) is 0.400. The lowest BCUT2D eigenvalue weighted by Crippen LogP contribution is -2.42. The van der Waals surface area contributed by atoms with Crippen molar-refractivity contribution in [2.75, 3.05) is 13.1 Å². The number of aryl methyl sites for hydroxylation is 1. The Bertz CT molecular complexity index is 859. The van der Waals surface area contributed by atoms with Gasteiger partial charge < -0.3 is 5.32 Å². The first-order valence-corrected chi connectivity index (χ1v) is 10.7. The molecule has 1 aromatic heterocycles. The smallest absolute Gasteiger partial charge is 0.243 e. The number of pyridine rings is 1.